The normalized spacial score (nSPS) is 13.3. The van der Waals surface area contributed by atoms with Crippen LogP contribution in [0, 0.1) is 5.92 Å². The molecule has 0 saturated carbocycles. The molecular weight excluding hydrogens is 268 g/mol. The molecule has 1 aromatic rings. The molecule has 0 spiro atoms. The zero-order valence-corrected chi connectivity index (χ0v) is 12.8. The van der Waals surface area contributed by atoms with E-state index in [1.807, 2.05) is 4.90 Å². The molecule has 1 amide bonds. The number of nitrogens with two attached hydrogens (primary N) is 1. The Morgan fingerprint density at radius 3 is 2.67 bits per heavy atom. The van der Waals surface area contributed by atoms with Crippen molar-refractivity contribution in [2.45, 2.75) is 20.3 Å². The molecule has 1 aliphatic rings. The van der Waals surface area contributed by atoms with E-state index in [9.17, 15) is 4.79 Å². The van der Waals surface area contributed by atoms with Gasteiger partial charge in [-0.2, -0.15) is 0 Å². The predicted octanol–water partition coefficient (Wildman–Crippen LogP) is 1.90. The Labute approximate surface area is 126 Å². The monoisotopic (exact) mass is 292 g/mol. The van der Waals surface area contributed by atoms with Crippen LogP contribution in [0.3, 0.4) is 0 Å². The van der Waals surface area contributed by atoms with Crippen molar-refractivity contribution in [3.05, 3.63) is 23.8 Å². The Morgan fingerprint density at radius 2 is 2.00 bits per heavy atom. The summed E-state index contributed by atoms with van der Waals surface area (Å²) < 4.78 is 11.0. The average molecular weight is 292 g/mol. The van der Waals surface area contributed by atoms with Crippen LogP contribution in [-0.2, 0) is 0 Å². The topological polar surface area (TPSA) is 64.8 Å². The standard InChI is InChI=1S/C16H24N2O3/c1-12(2)11-18(7-3-6-17)16(19)13-4-5-14-15(10-13)21-9-8-20-14/h4-5,10,12H,3,6-9,11,17H2,1-2H3. The fourth-order valence-electron chi connectivity index (χ4n) is 2.36. The van der Waals surface area contributed by atoms with Crippen LogP contribution in [0.25, 0.3) is 0 Å². The third-order valence-electron chi connectivity index (χ3n) is 3.29. The molecule has 0 unspecified atom stereocenters. The van der Waals surface area contributed by atoms with E-state index in [1.54, 1.807) is 18.2 Å². The van der Waals surface area contributed by atoms with Gasteiger partial charge in [-0.25, -0.2) is 0 Å². The number of hydrogen-bond donors (Lipinski definition) is 1. The largest absolute Gasteiger partial charge is 0.486 e. The Bertz CT molecular complexity index is 488. The van der Waals surface area contributed by atoms with Crippen molar-refractivity contribution in [3.63, 3.8) is 0 Å². The van der Waals surface area contributed by atoms with Crippen LogP contribution in [0.5, 0.6) is 11.5 Å². The molecule has 2 N–H and O–H groups in total. The summed E-state index contributed by atoms with van der Waals surface area (Å²) in [4.78, 5) is 14.5. The molecule has 0 fully saturated rings. The van der Waals surface area contributed by atoms with Crippen LogP contribution < -0.4 is 15.2 Å². The number of amides is 1. The van der Waals surface area contributed by atoms with Gasteiger partial charge in [-0.3, -0.25) is 4.79 Å². The van der Waals surface area contributed by atoms with E-state index in [0.717, 1.165) is 13.0 Å². The lowest BCUT2D eigenvalue weighted by atomic mass is 10.1. The molecule has 116 valence electrons. The van der Waals surface area contributed by atoms with Crippen molar-refractivity contribution in [2.75, 3.05) is 32.8 Å². The Kier molecular flexibility index (Phi) is 5.44. The summed E-state index contributed by atoms with van der Waals surface area (Å²) in [6.07, 6.45) is 0.809. The molecule has 1 aliphatic heterocycles. The number of nitrogens with zero attached hydrogens (tertiary/aromatic N) is 1. The minimum Gasteiger partial charge on any atom is -0.486 e. The van der Waals surface area contributed by atoms with Gasteiger partial charge in [-0.15, -0.1) is 0 Å². The highest BCUT2D eigenvalue weighted by molar-refractivity contribution is 5.95. The maximum absolute atomic E-state index is 12.7. The van der Waals surface area contributed by atoms with E-state index < -0.39 is 0 Å². The zero-order chi connectivity index (χ0) is 15.2. The van der Waals surface area contributed by atoms with E-state index in [0.29, 0.717) is 49.3 Å². The molecule has 5 nitrogen and oxygen atoms in total. The van der Waals surface area contributed by atoms with Crippen molar-refractivity contribution >= 4 is 5.91 Å². The number of carbonyl (C=O) groups is 1. The highest BCUT2D eigenvalue weighted by Gasteiger charge is 2.19. The van der Waals surface area contributed by atoms with Crippen molar-refractivity contribution in [2.24, 2.45) is 11.7 Å². The minimum absolute atomic E-state index is 0.0223. The molecule has 0 bridgehead atoms. The van der Waals surface area contributed by atoms with E-state index in [1.165, 1.54) is 0 Å². The van der Waals surface area contributed by atoms with Crippen LogP contribution in [0.15, 0.2) is 18.2 Å². The molecule has 0 radical (unpaired) electrons. The van der Waals surface area contributed by atoms with Gasteiger partial charge in [-0.1, -0.05) is 13.8 Å². The fraction of sp³-hybridized carbons (Fsp3) is 0.562. The summed E-state index contributed by atoms with van der Waals surface area (Å²) in [6.45, 7) is 7.28. The Hall–Kier alpha value is -1.75. The number of fused-ring (bicyclic) bond motifs is 1. The van der Waals surface area contributed by atoms with Gasteiger partial charge in [-0.05, 0) is 37.1 Å². The Balaban J connectivity index is 2.15. The maximum atomic E-state index is 12.7. The summed E-state index contributed by atoms with van der Waals surface area (Å²) >= 11 is 0. The van der Waals surface area contributed by atoms with E-state index in [4.69, 9.17) is 15.2 Å². The number of benzene rings is 1. The lowest BCUT2D eigenvalue weighted by Crippen LogP contribution is -2.36. The smallest absolute Gasteiger partial charge is 0.254 e. The first-order valence-corrected chi connectivity index (χ1v) is 7.51. The number of rotatable bonds is 6. The van der Waals surface area contributed by atoms with Crippen LogP contribution in [0.4, 0.5) is 0 Å². The van der Waals surface area contributed by atoms with Gasteiger partial charge in [0.1, 0.15) is 13.2 Å². The second-order valence-electron chi connectivity index (χ2n) is 5.65. The second kappa shape index (κ2) is 7.31. The van der Waals surface area contributed by atoms with E-state index in [-0.39, 0.29) is 5.91 Å². The zero-order valence-electron chi connectivity index (χ0n) is 12.8. The lowest BCUT2D eigenvalue weighted by Gasteiger charge is -2.25. The second-order valence-corrected chi connectivity index (χ2v) is 5.65. The van der Waals surface area contributed by atoms with Crippen molar-refractivity contribution in [1.82, 2.24) is 4.90 Å². The average Bonchev–Trinajstić information content (AvgIpc) is 2.50. The molecule has 5 heteroatoms. The van der Waals surface area contributed by atoms with Crippen molar-refractivity contribution in [3.8, 4) is 11.5 Å². The molecule has 0 aliphatic carbocycles. The van der Waals surface area contributed by atoms with Crippen LogP contribution in [0.2, 0.25) is 0 Å². The molecule has 2 rings (SSSR count). The lowest BCUT2D eigenvalue weighted by molar-refractivity contribution is 0.0734. The highest BCUT2D eigenvalue weighted by Crippen LogP contribution is 2.31. The predicted molar refractivity (Wildman–Crippen MR) is 81.8 cm³/mol. The van der Waals surface area contributed by atoms with E-state index >= 15 is 0 Å². The number of ether oxygens (including phenoxy) is 2. The third-order valence-corrected chi connectivity index (χ3v) is 3.29. The first-order valence-electron chi connectivity index (χ1n) is 7.51. The molecule has 1 aromatic carbocycles. The highest BCUT2D eigenvalue weighted by atomic mass is 16.6. The van der Waals surface area contributed by atoms with Gasteiger partial charge in [0, 0.05) is 18.7 Å². The first-order chi connectivity index (χ1) is 10.1. The van der Waals surface area contributed by atoms with Crippen LogP contribution >= 0.6 is 0 Å². The molecule has 0 saturated heterocycles. The van der Waals surface area contributed by atoms with Crippen molar-refractivity contribution < 1.29 is 14.3 Å². The number of carbonyl (C=O) groups excluding carboxylic acids is 1. The quantitative estimate of drug-likeness (QED) is 0.870. The van der Waals surface area contributed by atoms with E-state index in [2.05, 4.69) is 13.8 Å². The fourth-order valence-corrected chi connectivity index (χ4v) is 2.36. The van der Waals surface area contributed by atoms with Gasteiger partial charge in [0.05, 0.1) is 0 Å². The maximum Gasteiger partial charge on any atom is 0.254 e. The summed E-state index contributed by atoms with van der Waals surface area (Å²) in [6, 6.07) is 5.37. The van der Waals surface area contributed by atoms with Gasteiger partial charge < -0.3 is 20.1 Å². The number of hydrogen-bond acceptors (Lipinski definition) is 4. The molecule has 1 heterocycles. The summed E-state index contributed by atoms with van der Waals surface area (Å²) in [5, 5.41) is 0. The van der Waals surface area contributed by atoms with Gasteiger partial charge >= 0.3 is 0 Å². The molecule has 0 aromatic heterocycles. The van der Waals surface area contributed by atoms with Crippen LogP contribution in [0.1, 0.15) is 30.6 Å². The molecule has 0 atom stereocenters. The SMILES string of the molecule is CC(C)CN(CCCN)C(=O)c1ccc2c(c1)OCCO2. The van der Waals surface area contributed by atoms with Gasteiger partial charge in [0.25, 0.3) is 5.91 Å². The summed E-state index contributed by atoms with van der Waals surface area (Å²) in [7, 11) is 0. The molecular formula is C16H24N2O3. The summed E-state index contributed by atoms with van der Waals surface area (Å²) in [5.41, 5.74) is 6.20. The third kappa shape index (κ3) is 4.11. The van der Waals surface area contributed by atoms with Gasteiger partial charge in [0.2, 0.25) is 0 Å². The van der Waals surface area contributed by atoms with Gasteiger partial charge in [0.15, 0.2) is 11.5 Å². The van der Waals surface area contributed by atoms with Crippen LogP contribution in [-0.4, -0.2) is 43.7 Å². The first kappa shape index (κ1) is 15.6. The minimum atomic E-state index is 0.0223. The summed E-state index contributed by atoms with van der Waals surface area (Å²) in [5.74, 6) is 1.80. The molecule has 21 heavy (non-hydrogen) atoms. The van der Waals surface area contributed by atoms with Crippen molar-refractivity contribution in [1.29, 1.82) is 0 Å². The Morgan fingerprint density at radius 1 is 1.29 bits per heavy atom.